The van der Waals surface area contributed by atoms with Gasteiger partial charge in [0.15, 0.2) is 0 Å². The van der Waals surface area contributed by atoms with E-state index in [9.17, 15) is 0 Å². The Morgan fingerprint density at radius 3 is 2.41 bits per heavy atom. The summed E-state index contributed by atoms with van der Waals surface area (Å²) in [5.41, 5.74) is 0. The highest BCUT2D eigenvalue weighted by Crippen LogP contribution is 2.19. The number of unbranched alkanes of at least 4 members (excludes halogenated alkanes) is 1. The van der Waals surface area contributed by atoms with Gasteiger partial charge in [-0.25, -0.2) is 0 Å². The van der Waals surface area contributed by atoms with Crippen LogP contribution < -0.4 is 0 Å². The normalized spacial score (nSPS) is 19.9. The Morgan fingerprint density at radius 1 is 1.06 bits per heavy atom. The van der Waals surface area contributed by atoms with Crippen LogP contribution in [0.5, 0.6) is 0 Å². The maximum absolute atomic E-state index is 4.26. The molecule has 0 radical (unpaired) electrons. The van der Waals surface area contributed by atoms with E-state index in [1.165, 1.54) is 32.1 Å². The maximum Gasteiger partial charge on any atom is 0.0841 e. The van der Waals surface area contributed by atoms with Crippen molar-refractivity contribution in [2.45, 2.75) is 65.8 Å². The molecule has 0 aromatic carbocycles. The molecule has 0 amide bonds. The van der Waals surface area contributed by atoms with Gasteiger partial charge in [0, 0.05) is 6.54 Å². The molecule has 0 bridgehead atoms. The first-order chi connectivity index (χ1) is 8.09. The third-order valence-corrected chi connectivity index (χ3v) is 3.40. The number of rotatable bonds is 8. The van der Waals surface area contributed by atoms with Gasteiger partial charge < -0.3 is 0 Å². The fraction of sp³-hybridized carbons (Fsp3) is 1.00. The molecule has 0 saturated carbocycles. The van der Waals surface area contributed by atoms with Crippen molar-refractivity contribution < 1.29 is 0 Å². The molecule has 1 aliphatic heterocycles. The Kier molecular flexibility index (Phi) is 6.53. The molecular weight excluding hydrogens is 210 g/mol. The van der Waals surface area contributed by atoms with Crippen molar-refractivity contribution in [1.82, 2.24) is 5.01 Å². The van der Waals surface area contributed by atoms with E-state index in [1.54, 1.807) is 0 Å². The summed E-state index contributed by atoms with van der Waals surface area (Å²) in [7, 11) is 0. The van der Waals surface area contributed by atoms with E-state index in [0.717, 1.165) is 24.9 Å². The molecule has 17 heavy (non-hydrogen) atoms. The summed E-state index contributed by atoms with van der Waals surface area (Å²) in [6, 6.07) is 0.584. The van der Waals surface area contributed by atoms with Gasteiger partial charge in [-0.05, 0) is 24.7 Å². The summed E-state index contributed by atoms with van der Waals surface area (Å²) >= 11 is 0. The first-order valence-corrected chi connectivity index (χ1v) is 7.23. The average molecular weight is 239 g/mol. The molecule has 3 nitrogen and oxygen atoms in total. The van der Waals surface area contributed by atoms with Crippen LogP contribution in [0.15, 0.2) is 10.3 Å². The molecule has 1 atom stereocenters. The minimum Gasteiger partial charge on any atom is -0.274 e. The third kappa shape index (κ3) is 6.04. The van der Waals surface area contributed by atoms with Crippen LogP contribution in [0.1, 0.15) is 59.8 Å². The fourth-order valence-electron chi connectivity index (χ4n) is 2.17. The Labute approximate surface area is 107 Å². The van der Waals surface area contributed by atoms with Crippen molar-refractivity contribution in [1.29, 1.82) is 0 Å². The molecule has 0 saturated heterocycles. The number of hydrogen-bond donors (Lipinski definition) is 0. The van der Waals surface area contributed by atoms with Gasteiger partial charge in [0.05, 0.1) is 12.6 Å². The highest BCUT2D eigenvalue weighted by atomic mass is 15.6. The monoisotopic (exact) mass is 239 g/mol. The summed E-state index contributed by atoms with van der Waals surface area (Å²) in [5, 5.41) is 10.7. The molecule has 1 unspecified atom stereocenters. The van der Waals surface area contributed by atoms with E-state index in [-0.39, 0.29) is 0 Å². The molecule has 1 heterocycles. The smallest absolute Gasteiger partial charge is 0.0841 e. The lowest BCUT2D eigenvalue weighted by molar-refractivity contribution is 0.211. The van der Waals surface area contributed by atoms with Crippen LogP contribution in [0.4, 0.5) is 0 Å². The van der Waals surface area contributed by atoms with Crippen molar-refractivity contribution in [3.05, 3.63) is 0 Å². The maximum atomic E-state index is 4.26. The molecule has 0 aromatic rings. The topological polar surface area (TPSA) is 28.0 Å². The number of hydrogen-bond acceptors (Lipinski definition) is 3. The summed E-state index contributed by atoms with van der Waals surface area (Å²) in [6.07, 6.45) is 6.52. The van der Waals surface area contributed by atoms with E-state index in [4.69, 9.17) is 0 Å². The van der Waals surface area contributed by atoms with Crippen molar-refractivity contribution in [2.75, 3.05) is 13.1 Å². The van der Waals surface area contributed by atoms with E-state index in [1.807, 2.05) is 0 Å². The lowest BCUT2D eigenvalue weighted by Gasteiger charge is -2.22. The standard InChI is InChI=1S/C14H29N3/c1-12(2)7-5-6-8-14-11-15-16-17(14)10-9-13(3)4/h12-14H,5-11H2,1-4H3. The van der Waals surface area contributed by atoms with Crippen LogP contribution in [0.3, 0.4) is 0 Å². The molecule has 1 aliphatic rings. The lowest BCUT2D eigenvalue weighted by Crippen LogP contribution is -2.30. The largest absolute Gasteiger partial charge is 0.274 e. The van der Waals surface area contributed by atoms with Crippen LogP contribution >= 0.6 is 0 Å². The molecule has 100 valence electrons. The molecule has 0 aromatic heterocycles. The Hall–Kier alpha value is -0.600. The van der Waals surface area contributed by atoms with Crippen molar-refractivity contribution in [2.24, 2.45) is 22.2 Å². The molecular formula is C14H29N3. The first kappa shape index (κ1) is 14.5. The van der Waals surface area contributed by atoms with Gasteiger partial charge in [-0.1, -0.05) is 52.2 Å². The van der Waals surface area contributed by atoms with Crippen LogP contribution in [0.25, 0.3) is 0 Å². The molecule has 3 heteroatoms. The summed E-state index contributed by atoms with van der Waals surface area (Å²) in [5.74, 6) is 1.59. The molecule has 1 rings (SSSR count). The second-order valence-electron chi connectivity index (χ2n) is 6.09. The van der Waals surface area contributed by atoms with Gasteiger partial charge in [0.25, 0.3) is 0 Å². The van der Waals surface area contributed by atoms with Crippen LogP contribution in [-0.2, 0) is 0 Å². The zero-order valence-corrected chi connectivity index (χ0v) is 12.0. The highest BCUT2D eigenvalue weighted by molar-refractivity contribution is 4.75. The molecule has 0 fully saturated rings. The fourth-order valence-corrected chi connectivity index (χ4v) is 2.17. The number of nitrogens with zero attached hydrogens (tertiary/aromatic N) is 3. The second-order valence-corrected chi connectivity index (χ2v) is 6.09. The van der Waals surface area contributed by atoms with Gasteiger partial charge in [-0.2, -0.15) is 5.11 Å². The minimum absolute atomic E-state index is 0.584. The minimum atomic E-state index is 0.584. The van der Waals surface area contributed by atoms with Crippen LogP contribution in [-0.4, -0.2) is 24.1 Å². The van der Waals surface area contributed by atoms with Crippen LogP contribution in [0, 0.1) is 11.8 Å². The van der Waals surface area contributed by atoms with E-state index in [0.29, 0.717) is 6.04 Å². The molecule has 0 N–H and O–H groups in total. The Balaban J connectivity index is 2.14. The van der Waals surface area contributed by atoms with Gasteiger partial charge in [0.1, 0.15) is 0 Å². The zero-order valence-electron chi connectivity index (χ0n) is 12.0. The quantitative estimate of drug-likeness (QED) is 0.580. The second kappa shape index (κ2) is 7.67. The zero-order chi connectivity index (χ0) is 12.7. The van der Waals surface area contributed by atoms with Crippen molar-refractivity contribution in [3.63, 3.8) is 0 Å². The van der Waals surface area contributed by atoms with E-state index < -0.39 is 0 Å². The van der Waals surface area contributed by atoms with Gasteiger partial charge in [-0.3, -0.25) is 5.01 Å². The Morgan fingerprint density at radius 2 is 1.76 bits per heavy atom. The van der Waals surface area contributed by atoms with E-state index in [2.05, 4.69) is 43.0 Å². The average Bonchev–Trinajstić information content (AvgIpc) is 2.68. The van der Waals surface area contributed by atoms with Crippen molar-refractivity contribution >= 4 is 0 Å². The van der Waals surface area contributed by atoms with Crippen LogP contribution in [0.2, 0.25) is 0 Å². The first-order valence-electron chi connectivity index (χ1n) is 7.23. The molecule has 0 aliphatic carbocycles. The Bertz CT molecular complexity index is 224. The van der Waals surface area contributed by atoms with Crippen molar-refractivity contribution in [3.8, 4) is 0 Å². The highest BCUT2D eigenvalue weighted by Gasteiger charge is 2.21. The van der Waals surface area contributed by atoms with Gasteiger partial charge >= 0.3 is 0 Å². The predicted molar refractivity (Wildman–Crippen MR) is 73.0 cm³/mol. The predicted octanol–water partition coefficient (Wildman–Crippen LogP) is 4.30. The van der Waals surface area contributed by atoms with Gasteiger partial charge in [-0.15, -0.1) is 0 Å². The lowest BCUT2D eigenvalue weighted by atomic mass is 10.0. The van der Waals surface area contributed by atoms with Gasteiger partial charge in [0.2, 0.25) is 0 Å². The summed E-state index contributed by atoms with van der Waals surface area (Å²) in [4.78, 5) is 0. The third-order valence-electron chi connectivity index (χ3n) is 3.40. The van der Waals surface area contributed by atoms with E-state index >= 15 is 0 Å². The molecule has 0 spiro atoms. The summed E-state index contributed by atoms with van der Waals surface area (Å²) < 4.78 is 0. The summed E-state index contributed by atoms with van der Waals surface area (Å²) in [6.45, 7) is 11.1. The SMILES string of the molecule is CC(C)CCCCC1CN=NN1CCC(C)C.